The van der Waals surface area contributed by atoms with Gasteiger partial charge in [0, 0.05) is 35.6 Å². The standard InChI is InChI=1S/C25H30N4O/c1-16(2)19-9-7-10-20(14-19)28-23-21-12-11-17(3)27-24(21)26-15-22(23)25(30)29-13-6-5-8-18(29)4/h7,9-12,14-16,18H,5-6,8,13H2,1-4H3,(H,26,27,28)/t18-/m1/s1. The van der Waals surface area contributed by atoms with Crippen LogP contribution in [0.4, 0.5) is 11.4 Å². The van der Waals surface area contributed by atoms with Gasteiger partial charge >= 0.3 is 0 Å². The van der Waals surface area contributed by atoms with Crippen molar-refractivity contribution < 1.29 is 4.79 Å². The number of benzene rings is 1. The van der Waals surface area contributed by atoms with Crippen LogP contribution in [-0.4, -0.2) is 33.4 Å². The Hall–Kier alpha value is -2.95. The Morgan fingerprint density at radius 3 is 2.80 bits per heavy atom. The van der Waals surface area contributed by atoms with Crippen LogP contribution < -0.4 is 5.32 Å². The van der Waals surface area contributed by atoms with Crippen molar-refractivity contribution in [3.05, 3.63) is 59.4 Å². The summed E-state index contributed by atoms with van der Waals surface area (Å²) in [7, 11) is 0. The summed E-state index contributed by atoms with van der Waals surface area (Å²) in [5, 5.41) is 4.40. The zero-order valence-electron chi connectivity index (χ0n) is 18.3. The van der Waals surface area contributed by atoms with Crippen LogP contribution >= 0.6 is 0 Å². The second kappa shape index (κ2) is 8.42. The summed E-state index contributed by atoms with van der Waals surface area (Å²) < 4.78 is 0. The summed E-state index contributed by atoms with van der Waals surface area (Å²) in [5.74, 6) is 0.472. The Bertz CT molecular complexity index is 1080. The third-order valence-corrected chi connectivity index (χ3v) is 5.99. The number of amides is 1. The molecule has 0 aliphatic carbocycles. The number of nitrogens with one attached hydrogen (secondary N) is 1. The fraction of sp³-hybridized carbons (Fsp3) is 0.400. The number of aromatic nitrogens is 2. The Morgan fingerprint density at radius 1 is 1.20 bits per heavy atom. The van der Waals surface area contributed by atoms with Crippen molar-refractivity contribution in [2.75, 3.05) is 11.9 Å². The van der Waals surface area contributed by atoms with E-state index in [1.807, 2.05) is 30.0 Å². The van der Waals surface area contributed by atoms with Crippen molar-refractivity contribution >= 4 is 28.3 Å². The highest BCUT2D eigenvalue weighted by molar-refractivity contribution is 6.07. The van der Waals surface area contributed by atoms with E-state index >= 15 is 0 Å². The Morgan fingerprint density at radius 2 is 2.03 bits per heavy atom. The highest BCUT2D eigenvalue weighted by Gasteiger charge is 2.27. The molecule has 1 amide bonds. The van der Waals surface area contributed by atoms with Crippen molar-refractivity contribution in [1.29, 1.82) is 0 Å². The van der Waals surface area contributed by atoms with E-state index in [-0.39, 0.29) is 11.9 Å². The van der Waals surface area contributed by atoms with Crippen molar-refractivity contribution in [2.45, 2.75) is 58.9 Å². The molecule has 1 aliphatic rings. The van der Waals surface area contributed by atoms with Crippen LogP contribution in [0.5, 0.6) is 0 Å². The van der Waals surface area contributed by atoms with Crippen LogP contribution in [0.1, 0.15) is 67.6 Å². The first-order chi connectivity index (χ1) is 14.4. The van der Waals surface area contributed by atoms with Crippen LogP contribution in [-0.2, 0) is 0 Å². The predicted molar refractivity (Wildman–Crippen MR) is 122 cm³/mol. The average Bonchev–Trinajstić information content (AvgIpc) is 2.74. The summed E-state index contributed by atoms with van der Waals surface area (Å²) in [5.41, 5.74) is 5.18. The highest BCUT2D eigenvalue weighted by Crippen LogP contribution is 2.32. The minimum atomic E-state index is 0.0414. The molecule has 1 aromatic carbocycles. The number of carbonyl (C=O) groups is 1. The number of nitrogens with zero attached hydrogens (tertiary/aromatic N) is 3. The van der Waals surface area contributed by atoms with Gasteiger partial charge in [0.1, 0.15) is 0 Å². The van der Waals surface area contributed by atoms with Gasteiger partial charge in [0.05, 0.1) is 11.3 Å². The van der Waals surface area contributed by atoms with Crippen molar-refractivity contribution in [3.63, 3.8) is 0 Å². The first-order valence-electron chi connectivity index (χ1n) is 10.9. The van der Waals surface area contributed by atoms with E-state index in [1.54, 1.807) is 6.20 Å². The van der Waals surface area contributed by atoms with Gasteiger partial charge in [-0.25, -0.2) is 9.97 Å². The van der Waals surface area contributed by atoms with Gasteiger partial charge in [-0.1, -0.05) is 26.0 Å². The lowest BCUT2D eigenvalue weighted by atomic mass is 10.0. The van der Waals surface area contributed by atoms with E-state index < -0.39 is 0 Å². The number of fused-ring (bicyclic) bond motifs is 1. The zero-order valence-corrected chi connectivity index (χ0v) is 18.3. The number of anilines is 2. The molecule has 0 radical (unpaired) electrons. The lowest BCUT2D eigenvalue weighted by Gasteiger charge is -2.34. The molecule has 1 saturated heterocycles. The molecular formula is C25H30N4O. The van der Waals surface area contributed by atoms with Crippen LogP contribution in [0.2, 0.25) is 0 Å². The number of hydrogen-bond acceptors (Lipinski definition) is 4. The first kappa shape index (κ1) is 20.3. The van der Waals surface area contributed by atoms with Crippen LogP contribution in [0.25, 0.3) is 11.0 Å². The maximum absolute atomic E-state index is 13.5. The second-order valence-electron chi connectivity index (χ2n) is 8.62. The fourth-order valence-corrected chi connectivity index (χ4v) is 4.14. The number of carbonyl (C=O) groups excluding carboxylic acids is 1. The number of likely N-dealkylation sites (tertiary alicyclic amines) is 1. The summed E-state index contributed by atoms with van der Waals surface area (Å²) in [6.07, 6.45) is 4.97. The monoisotopic (exact) mass is 402 g/mol. The zero-order chi connectivity index (χ0) is 21.3. The molecule has 1 aliphatic heterocycles. The molecule has 156 valence electrons. The lowest BCUT2D eigenvalue weighted by Crippen LogP contribution is -2.42. The van der Waals surface area contributed by atoms with E-state index in [0.717, 1.165) is 41.8 Å². The number of rotatable bonds is 4. The average molecular weight is 403 g/mol. The van der Waals surface area contributed by atoms with Crippen LogP contribution in [0.15, 0.2) is 42.6 Å². The Labute approximate surface area is 178 Å². The molecule has 1 atom stereocenters. The van der Waals surface area contributed by atoms with Crippen molar-refractivity contribution in [2.24, 2.45) is 0 Å². The smallest absolute Gasteiger partial charge is 0.257 e. The maximum atomic E-state index is 13.5. The molecule has 0 saturated carbocycles. The lowest BCUT2D eigenvalue weighted by molar-refractivity contribution is 0.0636. The minimum absolute atomic E-state index is 0.0414. The maximum Gasteiger partial charge on any atom is 0.257 e. The molecule has 5 heteroatoms. The molecule has 0 unspecified atom stereocenters. The van der Waals surface area contributed by atoms with Gasteiger partial charge in [-0.05, 0) is 68.9 Å². The van der Waals surface area contributed by atoms with E-state index in [1.165, 1.54) is 12.0 Å². The van der Waals surface area contributed by atoms with E-state index in [4.69, 9.17) is 0 Å². The Kier molecular flexibility index (Phi) is 5.71. The van der Waals surface area contributed by atoms with Gasteiger partial charge in [0.2, 0.25) is 0 Å². The quantitative estimate of drug-likeness (QED) is 0.597. The molecule has 5 nitrogen and oxygen atoms in total. The molecular weight excluding hydrogens is 372 g/mol. The predicted octanol–water partition coefficient (Wildman–Crippen LogP) is 5.82. The number of pyridine rings is 2. The third-order valence-electron chi connectivity index (χ3n) is 5.99. The second-order valence-corrected chi connectivity index (χ2v) is 8.62. The molecule has 0 bridgehead atoms. The van der Waals surface area contributed by atoms with Crippen molar-refractivity contribution in [1.82, 2.24) is 14.9 Å². The van der Waals surface area contributed by atoms with Gasteiger partial charge in [0.15, 0.2) is 5.65 Å². The first-order valence-corrected chi connectivity index (χ1v) is 10.9. The number of hydrogen-bond donors (Lipinski definition) is 1. The van der Waals surface area contributed by atoms with E-state index in [2.05, 4.69) is 54.3 Å². The van der Waals surface area contributed by atoms with Crippen molar-refractivity contribution in [3.8, 4) is 0 Å². The number of piperidine rings is 1. The van der Waals surface area contributed by atoms with E-state index in [0.29, 0.717) is 17.1 Å². The topological polar surface area (TPSA) is 58.1 Å². The van der Waals surface area contributed by atoms with Gasteiger partial charge in [-0.2, -0.15) is 0 Å². The summed E-state index contributed by atoms with van der Waals surface area (Å²) in [4.78, 5) is 24.6. The highest BCUT2D eigenvalue weighted by atomic mass is 16.2. The molecule has 2 aromatic heterocycles. The Balaban J connectivity index is 1.81. The summed E-state index contributed by atoms with van der Waals surface area (Å²) in [6.45, 7) is 9.25. The molecule has 3 heterocycles. The molecule has 30 heavy (non-hydrogen) atoms. The molecule has 1 N–H and O–H groups in total. The van der Waals surface area contributed by atoms with Crippen LogP contribution in [0.3, 0.4) is 0 Å². The van der Waals surface area contributed by atoms with Gasteiger partial charge < -0.3 is 10.2 Å². The molecule has 4 rings (SSSR count). The minimum Gasteiger partial charge on any atom is -0.354 e. The molecule has 3 aromatic rings. The van der Waals surface area contributed by atoms with Crippen LogP contribution in [0, 0.1) is 6.92 Å². The third kappa shape index (κ3) is 4.02. The SMILES string of the molecule is Cc1ccc2c(Nc3cccc(C(C)C)c3)c(C(=O)N3CCCC[C@H]3C)cnc2n1. The summed E-state index contributed by atoms with van der Waals surface area (Å²) >= 11 is 0. The van der Waals surface area contributed by atoms with Gasteiger partial charge in [-0.15, -0.1) is 0 Å². The fourth-order valence-electron chi connectivity index (χ4n) is 4.14. The normalized spacial score (nSPS) is 16.8. The molecule has 1 fully saturated rings. The van der Waals surface area contributed by atoms with Gasteiger partial charge in [-0.3, -0.25) is 4.79 Å². The largest absolute Gasteiger partial charge is 0.354 e. The van der Waals surface area contributed by atoms with E-state index in [9.17, 15) is 4.79 Å². The summed E-state index contributed by atoms with van der Waals surface area (Å²) in [6, 6.07) is 12.6. The number of aryl methyl sites for hydroxylation is 1. The van der Waals surface area contributed by atoms with Gasteiger partial charge in [0.25, 0.3) is 5.91 Å². The molecule has 0 spiro atoms.